The fourth-order valence-electron chi connectivity index (χ4n) is 2.67. The molecule has 0 aromatic heterocycles. The highest BCUT2D eigenvalue weighted by molar-refractivity contribution is 9.10. The highest BCUT2D eigenvalue weighted by Crippen LogP contribution is 2.37. The summed E-state index contributed by atoms with van der Waals surface area (Å²) >= 11 is 7.16. The average molecular weight is 381 g/mol. The maximum absolute atomic E-state index is 3.66. The van der Waals surface area contributed by atoms with E-state index < -0.39 is 0 Å². The SMILES string of the molecule is Cc1ccc(Br)c(NC2CCc3cc(Br)ccc32)c1. The van der Waals surface area contributed by atoms with Crippen molar-refractivity contribution in [1.82, 2.24) is 0 Å². The minimum Gasteiger partial charge on any atom is -0.377 e. The third kappa shape index (κ3) is 2.72. The van der Waals surface area contributed by atoms with Crippen LogP contribution < -0.4 is 5.32 Å². The van der Waals surface area contributed by atoms with Gasteiger partial charge in [-0.15, -0.1) is 0 Å². The zero-order valence-electron chi connectivity index (χ0n) is 10.7. The van der Waals surface area contributed by atoms with Crippen LogP contribution in [0.1, 0.15) is 29.2 Å². The van der Waals surface area contributed by atoms with Gasteiger partial charge in [0.2, 0.25) is 0 Å². The lowest BCUT2D eigenvalue weighted by Crippen LogP contribution is -2.07. The maximum Gasteiger partial charge on any atom is 0.0520 e. The Balaban J connectivity index is 1.88. The van der Waals surface area contributed by atoms with Crippen LogP contribution in [0.25, 0.3) is 0 Å². The molecular weight excluding hydrogens is 366 g/mol. The number of halogens is 2. The molecule has 1 atom stereocenters. The van der Waals surface area contributed by atoms with E-state index in [4.69, 9.17) is 0 Å². The van der Waals surface area contributed by atoms with Gasteiger partial charge in [0.15, 0.2) is 0 Å². The molecule has 3 rings (SSSR count). The van der Waals surface area contributed by atoms with Crippen molar-refractivity contribution in [3.05, 3.63) is 62.0 Å². The molecule has 2 aromatic carbocycles. The van der Waals surface area contributed by atoms with E-state index in [1.165, 1.54) is 26.9 Å². The van der Waals surface area contributed by atoms with Gasteiger partial charge in [-0.25, -0.2) is 0 Å². The molecule has 0 saturated heterocycles. The van der Waals surface area contributed by atoms with E-state index >= 15 is 0 Å². The Labute approximate surface area is 130 Å². The monoisotopic (exact) mass is 379 g/mol. The Morgan fingerprint density at radius 1 is 1.11 bits per heavy atom. The number of aryl methyl sites for hydroxylation is 2. The number of hydrogen-bond donors (Lipinski definition) is 1. The molecule has 1 unspecified atom stereocenters. The van der Waals surface area contributed by atoms with Crippen LogP contribution >= 0.6 is 31.9 Å². The van der Waals surface area contributed by atoms with Gasteiger partial charge in [-0.05, 0) is 76.7 Å². The molecule has 0 amide bonds. The normalized spacial score (nSPS) is 17.3. The van der Waals surface area contributed by atoms with E-state index in [2.05, 4.69) is 80.5 Å². The van der Waals surface area contributed by atoms with Crippen LogP contribution in [0.5, 0.6) is 0 Å². The van der Waals surface area contributed by atoms with Crippen molar-refractivity contribution in [3.8, 4) is 0 Å². The Morgan fingerprint density at radius 3 is 2.79 bits per heavy atom. The number of benzene rings is 2. The second kappa shape index (κ2) is 5.29. The number of fused-ring (bicyclic) bond motifs is 1. The Bertz CT molecular complexity index is 622. The first-order valence-corrected chi connectivity index (χ1v) is 8.03. The van der Waals surface area contributed by atoms with Crippen LogP contribution in [0, 0.1) is 6.92 Å². The summed E-state index contributed by atoms with van der Waals surface area (Å²) in [6.07, 6.45) is 2.31. The highest BCUT2D eigenvalue weighted by atomic mass is 79.9. The Kier molecular flexibility index (Phi) is 3.68. The lowest BCUT2D eigenvalue weighted by molar-refractivity contribution is 0.761. The molecule has 0 fully saturated rings. The van der Waals surface area contributed by atoms with E-state index in [9.17, 15) is 0 Å². The van der Waals surface area contributed by atoms with Crippen molar-refractivity contribution >= 4 is 37.5 Å². The van der Waals surface area contributed by atoms with E-state index in [1.54, 1.807) is 0 Å². The van der Waals surface area contributed by atoms with Gasteiger partial charge in [0, 0.05) is 14.6 Å². The second-order valence-corrected chi connectivity index (χ2v) is 6.83. The summed E-state index contributed by atoms with van der Waals surface area (Å²) in [5.41, 5.74) is 5.34. The van der Waals surface area contributed by atoms with Gasteiger partial charge in [-0.3, -0.25) is 0 Å². The number of hydrogen-bond acceptors (Lipinski definition) is 1. The van der Waals surface area contributed by atoms with Gasteiger partial charge in [0.05, 0.1) is 6.04 Å². The average Bonchev–Trinajstić information content (AvgIpc) is 2.76. The summed E-state index contributed by atoms with van der Waals surface area (Å²) in [5, 5.41) is 3.66. The molecule has 0 radical (unpaired) electrons. The van der Waals surface area contributed by atoms with Gasteiger partial charge < -0.3 is 5.32 Å². The predicted molar refractivity (Wildman–Crippen MR) is 87.7 cm³/mol. The molecule has 0 heterocycles. The molecule has 1 N–H and O–H groups in total. The number of nitrogens with one attached hydrogen (secondary N) is 1. The van der Waals surface area contributed by atoms with Crippen molar-refractivity contribution in [2.45, 2.75) is 25.8 Å². The zero-order valence-corrected chi connectivity index (χ0v) is 13.9. The summed E-state index contributed by atoms with van der Waals surface area (Å²) in [6.45, 7) is 2.12. The van der Waals surface area contributed by atoms with Gasteiger partial charge >= 0.3 is 0 Å². The topological polar surface area (TPSA) is 12.0 Å². The van der Waals surface area contributed by atoms with Crippen LogP contribution in [0.4, 0.5) is 5.69 Å². The minimum atomic E-state index is 0.418. The molecule has 19 heavy (non-hydrogen) atoms. The maximum atomic E-state index is 3.66. The van der Waals surface area contributed by atoms with Gasteiger partial charge in [0.25, 0.3) is 0 Å². The quantitative estimate of drug-likeness (QED) is 0.712. The van der Waals surface area contributed by atoms with Gasteiger partial charge in [-0.1, -0.05) is 28.1 Å². The van der Waals surface area contributed by atoms with Crippen LogP contribution in [0.15, 0.2) is 45.3 Å². The third-order valence-electron chi connectivity index (χ3n) is 3.63. The summed E-state index contributed by atoms with van der Waals surface area (Å²) in [6, 6.07) is 13.4. The van der Waals surface area contributed by atoms with Crippen molar-refractivity contribution in [3.63, 3.8) is 0 Å². The molecular formula is C16H15Br2N. The molecule has 3 heteroatoms. The van der Waals surface area contributed by atoms with Crippen LogP contribution in [0.3, 0.4) is 0 Å². The highest BCUT2D eigenvalue weighted by Gasteiger charge is 2.22. The minimum absolute atomic E-state index is 0.418. The molecule has 98 valence electrons. The van der Waals surface area contributed by atoms with Crippen molar-refractivity contribution in [2.75, 3.05) is 5.32 Å². The van der Waals surface area contributed by atoms with Crippen LogP contribution in [-0.2, 0) is 6.42 Å². The molecule has 0 spiro atoms. The van der Waals surface area contributed by atoms with Crippen molar-refractivity contribution < 1.29 is 0 Å². The summed E-state index contributed by atoms with van der Waals surface area (Å²) in [5.74, 6) is 0. The largest absolute Gasteiger partial charge is 0.377 e. The summed E-state index contributed by atoms with van der Waals surface area (Å²) in [4.78, 5) is 0. The molecule has 1 nitrogen and oxygen atoms in total. The summed E-state index contributed by atoms with van der Waals surface area (Å²) in [7, 11) is 0. The first-order chi connectivity index (χ1) is 9.13. The molecule has 0 bridgehead atoms. The zero-order chi connectivity index (χ0) is 13.4. The molecule has 0 saturated carbocycles. The fraction of sp³-hybridized carbons (Fsp3) is 0.250. The van der Waals surface area contributed by atoms with E-state index in [0.29, 0.717) is 6.04 Å². The standard InChI is InChI=1S/C16H15Br2N/c1-10-2-6-14(18)16(8-10)19-15-7-3-11-9-12(17)4-5-13(11)15/h2,4-6,8-9,15,19H,3,7H2,1H3. The second-order valence-electron chi connectivity index (χ2n) is 5.06. The lowest BCUT2D eigenvalue weighted by atomic mass is 10.1. The molecule has 1 aliphatic rings. The molecule has 1 aliphatic carbocycles. The predicted octanol–water partition coefficient (Wildman–Crippen LogP) is 5.62. The first kappa shape index (κ1) is 13.2. The smallest absolute Gasteiger partial charge is 0.0520 e. The van der Waals surface area contributed by atoms with Crippen molar-refractivity contribution in [2.24, 2.45) is 0 Å². The Hall–Kier alpha value is -0.800. The van der Waals surface area contributed by atoms with Gasteiger partial charge in [-0.2, -0.15) is 0 Å². The third-order valence-corrected chi connectivity index (χ3v) is 4.82. The Morgan fingerprint density at radius 2 is 1.95 bits per heavy atom. The van der Waals surface area contributed by atoms with E-state index in [0.717, 1.165) is 17.3 Å². The number of anilines is 1. The van der Waals surface area contributed by atoms with E-state index in [-0.39, 0.29) is 0 Å². The molecule has 0 aliphatic heterocycles. The van der Waals surface area contributed by atoms with Crippen molar-refractivity contribution in [1.29, 1.82) is 0 Å². The van der Waals surface area contributed by atoms with Gasteiger partial charge in [0.1, 0.15) is 0 Å². The fourth-order valence-corrected chi connectivity index (χ4v) is 3.44. The number of rotatable bonds is 2. The molecule has 2 aromatic rings. The first-order valence-electron chi connectivity index (χ1n) is 6.44. The van der Waals surface area contributed by atoms with Crippen LogP contribution in [0.2, 0.25) is 0 Å². The van der Waals surface area contributed by atoms with Crippen LogP contribution in [-0.4, -0.2) is 0 Å². The lowest BCUT2D eigenvalue weighted by Gasteiger charge is -2.17. The van der Waals surface area contributed by atoms with E-state index in [1.807, 2.05) is 0 Å². The summed E-state index contributed by atoms with van der Waals surface area (Å²) < 4.78 is 2.30.